The van der Waals surface area contributed by atoms with E-state index in [1.54, 1.807) is 0 Å². The number of nitrogens with zero attached hydrogens (tertiary/aromatic N) is 1. The summed E-state index contributed by atoms with van der Waals surface area (Å²) >= 11 is 0. The smallest absolute Gasteiger partial charge is 0.336 e. The third kappa shape index (κ3) is 22.9. The van der Waals surface area contributed by atoms with Gasteiger partial charge in [-0.25, -0.2) is 24.2 Å². The monoisotopic (exact) mass is 1210 g/mol. The summed E-state index contributed by atoms with van der Waals surface area (Å²) in [4.78, 5) is 72.2. The Kier molecular flexibility index (Phi) is 28.2. The summed E-state index contributed by atoms with van der Waals surface area (Å²) in [5.74, 6) is -6.98. The lowest BCUT2D eigenvalue weighted by atomic mass is 10.00. The van der Waals surface area contributed by atoms with Gasteiger partial charge in [0.2, 0.25) is 0 Å². The van der Waals surface area contributed by atoms with Crippen molar-refractivity contribution in [2.24, 2.45) is 0 Å². The summed E-state index contributed by atoms with van der Waals surface area (Å²) in [6.07, 6.45) is 7.19. The van der Waals surface area contributed by atoms with E-state index in [0.29, 0.717) is 30.7 Å². The van der Waals surface area contributed by atoms with E-state index < -0.39 is 67.4 Å². The van der Waals surface area contributed by atoms with Gasteiger partial charge in [-0.1, -0.05) is 202 Å². The molecule has 0 fully saturated rings. The van der Waals surface area contributed by atoms with Crippen molar-refractivity contribution in [2.45, 2.75) is 140 Å². The molecule has 0 aliphatic carbocycles. The Bertz CT molecular complexity index is 3570. The predicted octanol–water partition coefficient (Wildman–Crippen LogP) is 13.7. The van der Waals surface area contributed by atoms with Crippen LogP contribution in [0.3, 0.4) is 0 Å². The molecule has 0 bridgehead atoms. The Morgan fingerprint density at radius 2 is 0.652 bits per heavy atom. The van der Waals surface area contributed by atoms with Crippen molar-refractivity contribution in [2.75, 3.05) is 33.0 Å². The zero-order chi connectivity index (χ0) is 63.2. The molecule has 8 aromatic rings. The largest absolute Gasteiger partial charge is 0.480 e. The number of aliphatic carboxylic acids is 4. The fourth-order valence-electron chi connectivity index (χ4n) is 10.9. The number of aryl methyl sites for hydroxylation is 4. The number of fused-ring (bicyclic) bond motifs is 4. The van der Waals surface area contributed by atoms with Crippen molar-refractivity contribution in [1.29, 1.82) is 0 Å². The highest BCUT2D eigenvalue weighted by Crippen LogP contribution is 2.23. The Morgan fingerprint density at radius 1 is 0.337 bits per heavy atom. The van der Waals surface area contributed by atoms with Crippen molar-refractivity contribution < 1.29 is 73.3 Å². The molecule has 4 unspecified atom stereocenters. The summed E-state index contributed by atoms with van der Waals surface area (Å²) in [6, 6.07) is 58.5. The summed E-state index contributed by atoms with van der Waals surface area (Å²) in [5.41, 5.74) is 4.95. The molecule has 0 aromatic heterocycles. The molecule has 8 rings (SSSR count). The van der Waals surface area contributed by atoms with E-state index in [9.17, 15) is 44.2 Å². The van der Waals surface area contributed by atoms with E-state index in [0.717, 1.165) is 83.5 Å². The number of Topliss-reactive ketones (excluding diaryl/α,β-unsaturated/α-hetero) is 1. The first-order valence-corrected chi connectivity index (χ1v) is 31.0. The van der Waals surface area contributed by atoms with Crippen LogP contribution in [0.1, 0.15) is 112 Å². The Morgan fingerprint density at radius 3 is 1.01 bits per heavy atom. The van der Waals surface area contributed by atoms with Gasteiger partial charge in [-0.05, 0) is 142 Å². The first-order chi connectivity index (χ1) is 43.2. The molecule has 0 heterocycles. The lowest BCUT2D eigenvalue weighted by Gasteiger charge is -2.26. The molecule has 8 aromatic carbocycles. The molecule has 0 saturated heterocycles. The second-order valence-corrected chi connectivity index (χ2v) is 22.5. The van der Waals surface area contributed by atoms with Gasteiger partial charge in [-0.15, -0.1) is 0 Å². The van der Waals surface area contributed by atoms with Crippen molar-refractivity contribution in [3.63, 3.8) is 0 Å². The SMILES string of the molecule is O=C(O)COC(C(=O)O)C(OCCCCCc1ccc2ccccc2c1)C(=O)CCCCCCc1ccc2ccccc2c1.O=C(O)COC(C(=O)O)C(OCCCCCc1ccc2ccccc2c1)C(=O)N(O)CCCCCc1ccc2ccccc2c1. The lowest BCUT2D eigenvalue weighted by molar-refractivity contribution is -0.194. The topological polar surface area (TPSA) is 244 Å². The number of hydrogen-bond acceptors (Lipinski definition) is 11. The van der Waals surface area contributed by atoms with Gasteiger partial charge >= 0.3 is 23.9 Å². The minimum atomic E-state index is -1.88. The van der Waals surface area contributed by atoms with Gasteiger partial charge in [0.05, 0.1) is 0 Å². The Hall–Kier alpha value is -8.38. The van der Waals surface area contributed by atoms with Crippen molar-refractivity contribution in [3.8, 4) is 0 Å². The Balaban J connectivity index is 0.000000254. The zero-order valence-electron chi connectivity index (χ0n) is 50.5. The molecule has 470 valence electrons. The molecular weight excluding hydrogens is 1130 g/mol. The standard InChI is InChI=1S/C37H42O7.C36H41NO8/c38-33(18-6-2-1-4-12-27-19-21-29-14-7-9-16-31(29)24-27)35(36(37(41)42)44-26-34(39)40)43-23-11-3-5-13-28-20-22-30-15-8-10-17-32(30)25-28;38-32(39)25-45-34(36(41)42)33(44-22-10-2-4-12-27-18-20-29-14-6-8-16-31(29)24-27)35(40)37(43)21-9-1-3-11-26-17-19-28-13-5-7-15-30(28)23-26/h7-10,14-17,19-22,24-25,35-36H,1-6,11-13,18,23,26H2,(H,39,40)(H,41,42);5-8,13-20,23-24,33-34,43H,1-4,9-12,21-22,25H2,(H,38,39)(H,41,42). The maximum atomic E-state index is 13.1. The lowest BCUT2D eigenvalue weighted by Crippen LogP contribution is -2.50. The summed E-state index contributed by atoms with van der Waals surface area (Å²) < 4.78 is 21.6. The molecule has 16 nitrogen and oxygen atoms in total. The number of carboxylic acids is 4. The number of rotatable bonds is 39. The average Bonchev–Trinajstić information content (AvgIpc) is 3.52. The van der Waals surface area contributed by atoms with Gasteiger partial charge in [0, 0.05) is 26.2 Å². The Labute approximate surface area is 519 Å². The van der Waals surface area contributed by atoms with E-state index in [2.05, 4.69) is 121 Å². The van der Waals surface area contributed by atoms with Gasteiger partial charge in [-0.2, -0.15) is 0 Å². The number of benzene rings is 8. The molecule has 0 spiro atoms. The molecule has 1 amide bonds. The molecule has 89 heavy (non-hydrogen) atoms. The first kappa shape index (κ1) is 68.1. The molecular formula is C73H83NO15. The number of amides is 1. The van der Waals surface area contributed by atoms with E-state index in [1.807, 2.05) is 48.5 Å². The second kappa shape index (κ2) is 36.8. The van der Waals surface area contributed by atoms with Gasteiger partial charge < -0.3 is 39.4 Å². The van der Waals surface area contributed by atoms with E-state index in [1.165, 1.54) is 65.3 Å². The maximum absolute atomic E-state index is 13.1. The van der Waals surface area contributed by atoms with Crippen LogP contribution in [0, 0.1) is 0 Å². The van der Waals surface area contributed by atoms with Crippen LogP contribution in [-0.4, -0.2) is 124 Å². The van der Waals surface area contributed by atoms with Crippen LogP contribution in [-0.2, 0) is 73.4 Å². The predicted molar refractivity (Wildman–Crippen MR) is 343 cm³/mol. The van der Waals surface area contributed by atoms with Crippen LogP contribution < -0.4 is 0 Å². The van der Waals surface area contributed by atoms with Crippen molar-refractivity contribution in [3.05, 3.63) is 192 Å². The van der Waals surface area contributed by atoms with E-state index in [4.69, 9.17) is 29.2 Å². The molecule has 16 heteroatoms. The summed E-state index contributed by atoms with van der Waals surface area (Å²) in [5, 5.41) is 58.0. The number of ether oxygens (including phenoxy) is 4. The minimum absolute atomic E-state index is 0.0204. The van der Waals surface area contributed by atoms with Gasteiger partial charge in [0.25, 0.3) is 5.91 Å². The first-order valence-electron chi connectivity index (χ1n) is 31.0. The number of carbonyl (C=O) groups is 6. The third-order valence-corrected chi connectivity index (χ3v) is 15.7. The highest BCUT2D eigenvalue weighted by Gasteiger charge is 2.39. The molecule has 0 radical (unpaired) electrons. The molecule has 0 saturated carbocycles. The average molecular weight is 1210 g/mol. The summed E-state index contributed by atoms with van der Waals surface area (Å²) in [6.45, 7) is -1.51. The molecule has 4 atom stereocenters. The fourth-order valence-corrected chi connectivity index (χ4v) is 10.9. The molecule has 5 N–H and O–H groups in total. The zero-order valence-corrected chi connectivity index (χ0v) is 50.5. The van der Waals surface area contributed by atoms with Gasteiger partial charge in [0.1, 0.15) is 13.2 Å². The molecule has 0 aliphatic heterocycles. The number of carbonyl (C=O) groups excluding carboxylic acids is 2. The maximum Gasteiger partial charge on any atom is 0.336 e. The molecule has 0 aliphatic rings. The quantitative estimate of drug-likeness (QED) is 0.0137. The fraction of sp³-hybridized carbons (Fsp3) is 0.370. The number of hydroxylamine groups is 2. The van der Waals surface area contributed by atoms with Gasteiger partial charge in [0.15, 0.2) is 30.2 Å². The van der Waals surface area contributed by atoms with Crippen LogP contribution in [0.5, 0.6) is 0 Å². The number of unbranched alkanes of at least 4 members (excludes halogenated alkanes) is 9. The van der Waals surface area contributed by atoms with Crippen molar-refractivity contribution >= 4 is 78.7 Å². The highest BCUT2D eigenvalue weighted by molar-refractivity contribution is 5.90. The third-order valence-electron chi connectivity index (χ3n) is 15.7. The number of hydrogen-bond donors (Lipinski definition) is 5. The van der Waals surface area contributed by atoms with Crippen LogP contribution in [0.2, 0.25) is 0 Å². The van der Waals surface area contributed by atoms with Crippen LogP contribution >= 0.6 is 0 Å². The van der Waals surface area contributed by atoms with Crippen LogP contribution in [0.4, 0.5) is 0 Å². The number of ketones is 1. The van der Waals surface area contributed by atoms with Gasteiger partial charge in [-0.3, -0.25) is 14.8 Å². The normalized spacial score (nSPS) is 12.7. The van der Waals surface area contributed by atoms with Crippen LogP contribution in [0.25, 0.3) is 43.1 Å². The number of carboxylic acid groups (broad SMARTS) is 4. The van der Waals surface area contributed by atoms with E-state index in [-0.39, 0.29) is 32.0 Å². The van der Waals surface area contributed by atoms with E-state index >= 15 is 0 Å². The highest BCUT2D eigenvalue weighted by atomic mass is 16.6. The minimum Gasteiger partial charge on any atom is -0.480 e. The summed E-state index contributed by atoms with van der Waals surface area (Å²) in [7, 11) is 0. The van der Waals surface area contributed by atoms with Crippen molar-refractivity contribution in [1.82, 2.24) is 5.06 Å². The second-order valence-electron chi connectivity index (χ2n) is 22.5. The van der Waals surface area contributed by atoms with Crippen LogP contribution in [0.15, 0.2) is 170 Å².